The highest BCUT2D eigenvalue weighted by Crippen LogP contribution is 2.12. The molecule has 0 N–H and O–H groups in total. The van der Waals surface area contributed by atoms with Crippen LogP contribution in [-0.4, -0.2) is 31.1 Å². The first kappa shape index (κ1) is 13.3. The molecule has 0 radical (unpaired) electrons. The molecule has 1 aliphatic rings. The summed E-state index contributed by atoms with van der Waals surface area (Å²) in [4.78, 5) is 2.54. The van der Waals surface area contributed by atoms with Crippen molar-refractivity contribution in [2.45, 2.75) is 32.1 Å². The Morgan fingerprint density at radius 3 is 2.50 bits per heavy atom. The van der Waals surface area contributed by atoms with Crippen LogP contribution in [0.4, 0.5) is 4.39 Å². The predicted octanol–water partition coefficient (Wildman–Crippen LogP) is 3.58. The van der Waals surface area contributed by atoms with E-state index in [9.17, 15) is 4.39 Å². The third-order valence-corrected chi connectivity index (χ3v) is 3.40. The van der Waals surface area contributed by atoms with Crippen LogP contribution in [0.5, 0.6) is 5.75 Å². The van der Waals surface area contributed by atoms with Crippen molar-refractivity contribution in [3.8, 4) is 5.75 Å². The molecule has 1 saturated heterocycles. The third-order valence-electron chi connectivity index (χ3n) is 3.40. The van der Waals surface area contributed by atoms with Gasteiger partial charge in [-0.25, -0.2) is 4.39 Å². The maximum absolute atomic E-state index is 12.7. The molecular formula is C15H23FNO+. The number of ether oxygens (including phenoxy) is 1. The van der Waals surface area contributed by atoms with Gasteiger partial charge in [0.2, 0.25) is 0 Å². The Morgan fingerprint density at radius 2 is 1.78 bits per heavy atom. The first-order valence-corrected chi connectivity index (χ1v) is 6.95. The number of halogens is 1. The quantitative estimate of drug-likeness (QED) is 0.688. The van der Waals surface area contributed by atoms with Crippen LogP contribution in [-0.2, 0) is 0 Å². The molecule has 2 nitrogen and oxygen atoms in total. The van der Waals surface area contributed by atoms with Gasteiger partial charge in [-0.15, -0.1) is 0 Å². The molecule has 0 amide bonds. The smallest absolute Gasteiger partial charge is 0.494 e. The molecule has 3 heteroatoms. The van der Waals surface area contributed by atoms with E-state index in [2.05, 4.69) is 4.90 Å². The highest BCUT2D eigenvalue weighted by molar-refractivity contribution is 5.21. The van der Waals surface area contributed by atoms with Gasteiger partial charge in [0.15, 0.2) is 0 Å². The summed E-state index contributed by atoms with van der Waals surface area (Å²) in [5.41, 5.74) is 0. The zero-order valence-corrected chi connectivity index (χ0v) is 10.9. The summed E-state index contributed by atoms with van der Waals surface area (Å²) in [6, 6.07) is 6.23. The lowest BCUT2D eigenvalue weighted by Crippen LogP contribution is -2.20. The van der Waals surface area contributed by atoms with Gasteiger partial charge in [0.25, 0.3) is 0 Å². The van der Waals surface area contributed by atoms with Crippen molar-refractivity contribution >= 4 is 0 Å². The average Bonchev–Trinajstić information content (AvgIpc) is 2.89. The van der Waals surface area contributed by atoms with E-state index in [1.807, 2.05) is 0 Å². The topological polar surface area (TPSA) is 12.5 Å². The molecule has 1 aliphatic heterocycles. The van der Waals surface area contributed by atoms with Crippen molar-refractivity contribution in [1.82, 2.24) is 4.90 Å². The summed E-state index contributed by atoms with van der Waals surface area (Å²) >= 11 is 0. The third kappa shape index (κ3) is 4.65. The van der Waals surface area contributed by atoms with Crippen molar-refractivity contribution in [3.05, 3.63) is 30.1 Å². The molecule has 1 fully saturated rings. The SMILES string of the molecule is Fc1ccc(OCCCCCN2CCCC2)cc1.[H+]. The first-order chi connectivity index (χ1) is 8.84. The van der Waals surface area contributed by atoms with Crippen LogP contribution in [0.25, 0.3) is 0 Å². The molecule has 0 spiro atoms. The predicted molar refractivity (Wildman–Crippen MR) is 72.5 cm³/mol. The van der Waals surface area contributed by atoms with Crippen molar-refractivity contribution in [3.63, 3.8) is 0 Å². The van der Waals surface area contributed by atoms with E-state index < -0.39 is 0 Å². The monoisotopic (exact) mass is 252 g/mol. The zero-order chi connectivity index (χ0) is 12.6. The maximum atomic E-state index is 12.7. The number of benzene rings is 1. The number of hydrogen-bond acceptors (Lipinski definition) is 2. The summed E-state index contributed by atoms with van der Waals surface area (Å²) in [6.45, 7) is 4.53. The lowest BCUT2D eigenvalue weighted by Gasteiger charge is -2.13. The van der Waals surface area contributed by atoms with Gasteiger partial charge in [0.05, 0.1) is 6.61 Å². The summed E-state index contributed by atoms with van der Waals surface area (Å²) in [6.07, 6.45) is 6.27. The van der Waals surface area contributed by atoms with Gasteiger partial charge in [-0.05, 0) is 76.0 Å². The van der Waals surface area contributed by atoms with E-state index >= 15 is 0 Å². The Balaban J connectivity index is 0.00000180. The van der Waals surface area contributed by atoms with Crippen LogP contribution in [0.3, 0.4) is 0 Å². The van der Waals surface area contributed by atoms with E-state index in [0.29, 0.717) is 0 Å². The maximum Gasteiger partial charge on any atom is 1.00 e. The van der Waals surface area contributed by atoms with Crippen molar-refractivity contribution in [2.24, 2.45) is 0 Å². The van der Waals surface area contributed by atoms with Gasteiger partial charge in [-0.1, -0.05) is 0 Å². The molecule has 100 valence electrons. The van der Waals surface area contributed by atoms with Crippen molar-refractivity contribution in [2.75, 3.05) is 26.2 Å². The average molecular weight is 252 g/mol. The first-order valence-electron chi connectivity index (χ1n) is 6.95. The van der Waals surface area contributed by atoms with E-state index in [0.717, 1.165) is 18.8 Å². The normalized spacial score (nSPS) is 16.1. The van der Waals surface area contributed by atoms with Gasteiger partial charge in [-0.3, -0.25) is 0 Å². The Kier molecular flexibility index (Phi) is 5.46. The van der Waals surface area contributed by atoms with E-state index in [4.69, 9.17) is 4.74 Å². The van der Waals surface area contributed by atoms with Crippen LogP contribution in [0.2, 0.25) is 0 Å². The molecule has 1 heterocycles. The summed E-state index contributed by atoms with van der Waals surface area (Å²) in [5, 5.41) is 0. The van der Waals surface area contributed by atoms with E-state index in [1.165, 1.54) is 57.5 Å². The lowest BCUT2D eigenvalue weighted by molar-refractivity contribution is 0.290. The Bertz CT molecular complexity index is 339. The Morgan fingerprint density at radius 1 is 1.06 bits per heavy atom. The van der Waals surface area contributed by atoms with Crippen LogP contribution in [0.1, 0.15) is 33.5 Å². The van der Waals surface area contributed by atoms with E-state index in [1.54, 1.807) is 12.1 Å². The van der Waals surface area contributed by atoms with Crippen molar-refractivity contribution in [1.29, 1.82) is 0 Å². The molecule has 1 aromatic carbocycles. The summed E-state index contributed by atoms with van der Waals surface area (Å²) in [5.74, 6) is 0.545. The second-order valence-corrected chi connectivity index (χ2v) is 4.91. The zero-order valence-electron chi connectivity index (χ0n) is 11.9. The standard InChI is InChI=1S/C15H22FNO/c16-14-6-8-15(9-7-14)18-13-5-1-2-10-17-11-3-4-12-17/h6-9H,1-5,10-13H2/p+1. The van der Waals surface area contributed by atoms with Crippen LogP contribution in [0, 0.1) is 5.82 Å². The fourth-order valence-electron chi connectivity index (χ4n) is 2.34. The number of likely N-dealkylation sites (tertiary alicyclic amines) is 1. The molecule has 0 saturated carbocycles. The van der Waals surface area contributed by atoms with Crippen LogP contribution < -0.4 is 4.74 Å². The Hall–Kier alpha value is -1.09. The molecular weight excluding hydrogens is 229 g/mol. The Labute approximate surface area is 110 Å². The van der Waals surface area contributed by atoms with Gasteiger partial charge >= 0.3 is 1.43 Å². The molecule has 2 rings (SSSR count). The minimum atomic E-state index is -0.215. The van der Waals surface area contributed by atoms with Crippen molar-refractivity contribution < 1.29 is 10.6 Å². The lowest BCUT2D eigenvalue weighted by atomic mass is 10.2. The number of nitrogens with zero attached hydrogens (tertiary/aromatic N) is 1. The molecule has 0 unspecified atom stereocenters. The molecule has 0 aromatic heterocycles. The van der Waals surface area contributed by atoms with Gasteiger partial charge in [0.1, 0.15) is 11.6 Å². The van der Waals surface area contributed by atoms with Gasteiger partial charge < -0.3 is 9.64 Å². The van der Waals surface area contributed by atoms with Crippen LogP contribution in [0.15, 0.2) is 24.3 Å². The highest BCUT2D eigenvalue weighted by atomic mass is 19.1. The molecule has 18 heavy (non-hydrogen) atoms. The second kappa shape index (κ2) is 7.37. The number of rotatable bonds is 7. The number of unbranched alkanes of at least 4 members (excludes halogenated alkanes) is 2. The largest absolute Gasteiger partial charge is 1.00 e. The minimum absolute atomic E-state index is 0. The molecule has 1 aromatic rings. The molecule has 0 aliphatic carbocycles. The van der Waals surface area contributed by atoms with Gasteiger partial charge in [0, 0.05) is 0 Å². The fraction of sp³-hybridized carbons (Fsp3) is 0.600. The number of hydrogen-bond donors (Lipinski definition) is 0. The van der Waals surface area contributed by atoms with Gasteiger partial charge in [-0.2, -0.15) is 0 Å². The molecule has 0 bridgehead atoms. The molecule has 0 atom stereocenters. The second-order valence-electron chi connectivity index (χ2n) is 4.91. The summed E-state index contributed by atoms with van der Waals surface area (Å²) < 4.78 is 18.2. The highest BCUT2D eigenvalue weighted by Gasteiger charge is 2.09. The minimum Gasteiger partial charge on any atom is -0.494 e. The van der Waals surface area contributed by atoms with Crippen LogP contribution >= 0.6 is 0 Å². The summed E-state index contributed by atoms with van der Waals surface area (Å²) in [7, 11) is 0. The van der Waals surface area contributed by atoms with E-state index in [-0.39, 0.29) is 7.24 Å². The fourth-order valence-corrected chi connectivity index (χ4v) is 2.34.